The van der Waals surface area contributed by atoms with E-state index in [0.717, 1.165) is 24.8 Å². The Hall–Kier alpha value is -1.59. The highest BCUT2D eigenvalue weighted by Gasteiger charge is 2.27. The van der Waals surface area contributed by atoms with Crippen LogP contribution < -0.4 is 4.72 Å². The fourth-order valence-electron chi connectivity index (χ4n) is 4.05. The van der Waals surface area contributed by atoms with Crippen molar-refractivity contribution in [2.24, 2.45) is 0 Å². The van der Waals surface area contributed by atoms with Gasteiger partial charge in [0.05, 0.1) is 4.90 Å². The summed E-state index contributed by atoms with van der Waals surface area (Å²) in [6, 6.07) is 8.33. The number of nitrogens with one attached hydrogen (secondary N) is 1. The van der Waals surface area contributed by atoms with Crippen LogP contribution in [0.5, 0.6) is 0 Å². The quantitative estimate of drug-likeness (QED) is 0.884. The zero-order valence-corrected chi connectivity index (χ0v) is 15.8. The molecule has 0 atom stereocenters. The molecule has 0 spiro atoms. The third-order valence-electron chi connectivity index (χ3n) is 5.58. The first-order chi connectivity index (χ1) is 12.0. The zero-order valence-electron chi connectivity index (χ0n) is 15.0. The highest BCUT2D eigenvalue weighted by atomic mass is 32.2. The summed E-state index contributed by atoms with van der Waals surface area (Å²) >= 11 is 0. The molecule has 1 heterocycles. The summed E-state index contributed by atoms with van der Waals surface area (Å²) in [6.07, 6.45) is 6.87. The lowest BCUT2D eigenvalue weighted by molar-refractivity contribution is 0.580. The van der Waals surface area contributed by atoms with Crippen molar-refractivity contribution in [3.63, 3.8) is 0 Å². The van der Waals surface area contributed by atoms with Gasteiger partial charge >= 0.3 is 0 Å². The maximum absolute atomic E-state index is 12.7. The van der Waals surface area contributed by atoms with Gasteiger partial charge in [-0.1, -0.05) is 6.07 Å². The molecule has 0 radical (unpaired) electrons. The van der Waals surface area contributed by atoms with Gasteiger partial charge in [-0.15, -0.1) is 0 Å². The van der Waals surface area contributed by atoms with E-state index in [1.165, 1.54) is 41.8 Å². The van der Waals surface area contributed by atoms with Crippen LogP contribution in [0, 0.1) is 13.8 Å². The van der Waals surface area contributed by atoms with Crippen molar-refractivity contribution in [3.05, 3.63) is 52.3 Å². The summed E-state index contributed by atoms with van der Waals surface area (Å²) in [5, 5.41) is 0. The molecule has 4 rings (SSSR count). The van der Waals surface area contributed by atoms with Crippen molar-refractivity contribution < 1.29 is 8.42 Å². The van der Waals surface area contributed by atoms with E-state index in [4.69, 9.17) is 0 Å². The molecule has 2 aromatic rings. The van der Waals surface area contributed by atoms with Gasteiger partial charge in [0.25, 0.3) is 0 Å². The minimum Gasteiger partial charge on any atom is -0.346 e. The van der Waals surface area contributed by atoms with Gasteiger partial charge < -0.3 is 4.57 Å². The first-order valence-corrected chi connectivity index (χ1v) is 10.7. The van der Waals surface area contributed by atoms with E-state index >= 15 is 0 Å². The highest BCUT2D eigenvalue weighted by Crippen LogP contribution is 2.38. The monoisotopic (exact) mass is 358 g/mol. The van der Waals surface area contributed by atoms with E-state index in [0.29, 0.717) is 17.5 Å². The summed E-state index contributed by atoms with van der Waals surface area (Å²) in [5.74, 6) is 0. The molecule has 1 fully saturated rings. The van der Waals surface area contributed by atoms with Gasteiger partial charge in [-0.3, -0.25) is 0 Å². The van der Waals surface area contributed by atoms with Crippen LogP contribution >= 0.6 is 0 Å². The summed E-state index contributed by atoms with van der Waals surface area (Å²) < 4.78 is 30.6. The Balaban J connectivity index is 1.53. The van der Waals surface area contributed by atoms with Crippen LogP contribution in [0.3, 0.4) is 0 Å². The van der Waals surface area contributed by atoms with Crippen LogP contribution in [0.25, 0.3) is 0 Å². The van der Waals surface area contributed by atoms with Crippen molar-refractivity contribution in [2.75, 3.05) is 0 Å². The Morgan fingerprint density at radius 2 is 1.80 bits per heavy atom. The van der Waals surface area contributed by atoms with Gasteiger partial charge in [-0.2, -0.15) is 0 Å². The fourth-order valence-corrected chi connectivity index (χ4v) is 5.11. The Labute approximate surface area is 150 Å². The second-order valence-corrected chi connectivity index (χ2v) is 9.23. The minimum atomic E-state index is -3.48. The van der Waals surface area contributed by atoms with Crippen molar-refractivity contribution in [2.45, 2.75) is 69.9 Å². The molecule has 0 unspecified atom stereocenters. The molecular formula is C20H26N2O2S. The number of fused-ring (bicyclic) bond motifs is 1. The van der Waals surface area contributed by atoms with Crippen molar-refractivity contribution in [1.29, 1.82) is 0 Å². The van der Waals surface area contributed by atoms with Gasteiger partial charge in [-0.25, -0.2) is 13.1 Å². The highest BCUT2D eigenvalue weighted by molar-refractivity contribution is 7.89. The van der Waals surface area contributed by atoms with E-state index in [1.807, 2.05) is 12.1 Å². The first-order valence-electron chi connectivity index (χ1n) is 9.24. The second kappa shape index (κ2) is 6.29. The van der Waals surface area contributed by atoms with Gasteiger partial charge in [-0.05, 0) is 87.3 Å². The lowest BCUT2D eigenvalue weighted by Gasteiger charge is -2.17. The van der Waals surface area contributed by atoms with Gasteiger partial charge in [0.1, 0.15) is 0 Å². The molecule has 1 aromatic carbocycles. The molecule has 0 saturated heterocycles. The maximum Gasteiger partial charge on any atom is 0.240 e. The molecule has 0 bridgehead atoms. The third-order valence-corrected chi connectivity index (χ3v) is 6.98. The summed E-state index contributed by atoms with van der Waals surface area (Å²) in [6.45, 7) is 4.55. The number of aromatic nitrogens is 1. The van der Waals surface area contributed by atoms with Crippen molar-refractivity contribution in [3.8, 4) is 0 Å². The van der Waals surface area contributed by atoms with Crippen LogP contribution in [0.15, 0.2) is 29.2 Å². The van der Waals surface area contributed by atoms with Crippen molar-refractivity contribution >= 4 is 10.0 Å². The fraction of sp³-hybridized carbons (Fsp3) is 0.500. The lowest BCUT2D eigenvalue weighted by Crippen LogP contribution is -2.24. The number of benzene rings is 1. The summed E-state index contributed by atoms with van der Waals surface area (Å²) in [7, 11) is -3.48. The smallest absolute Gasteiger partial charge is 0.240 e. The Kier molecular flexibility index (Phi) is 4.24. The van der Waals surface area contributed by atoms with Gasteiger partial charge in [0.15, 0.2) is 0 Å². The number of aryl methyl sites for hydroxylation is 3. The Bertz CT molecular complexity index is 908. The van der Waals surface area contributed by atoms with E-state index < -0.39 is 10.0 Å². The molecule has 1 N–H and O–H groups in total. The molecule has 4 nitrogen and oxygen atoms in total. The van der Waals surface area contributed by atoms with E-state index in [2.05, 4.69) is 29.2 Å². The minimum absolute atomic E-state index is 0.353. The number of hydrogen-bond donors (Lipinski definition) is 1. The van der Waals surface area contributed by atoms with Crippen LogP contribution in [0.2, 0.25) is 0 Å². The predicted octanol–water partition coefficient (Wildman–Crippen LogP) is 3.80. The summed E-state index contributed by atoms with van der Waals surface area (Å²) in [5.41, 5.74) is 5.99. The van der Waals surface area contributed by atoms with Gasteiger partial charge in [0.2, 0.25) is 10.0 Å². The van der Waals surface area contributed by atoms with E-state index in [-0.39, 0.29) is 0 Å². The zero-order chi connectivity index (χ0) is 17.6. The van der Waals surface area contributed by atoms with Crippen molar-refractivity contribution in [1.82, 2.24) is 9.29 Å². The van der Waals surface area contributed by atoms with Crippen LogP contribution in [-0.4, -0.2) is 13.0 Å². The average Bonchev–Trinajstić information content (AvgIpc) is 3.38. The largest absolute Gasteiger partial charge is 0.346 e. The number of nitrogens with zero attached hydrogens (tertiary/aromatic N) is 1. The van der Waals surface area contributed by atoms with Crippen LogP contribution in [-0.2, 0) is 29.4 Å². The molecule has 2 aliphatic rings. The molecule has 1 saturated carbocycles. The molecule has 2 aliphatic carbocycles. The van der Waals surface area contributed by atoms with E-state index in [9.17, 15) is 8.42 Å². The maximum atomic E-state index is 12.7. The van der Waals surface area contributed by atoms with Gasteiger partial charge in [0, 0.05) is 24.0 Å². The normalized spacial score (nSPS) is 17.5. The van der Waals surface area contributed by atoms with Crippen LogP contribution in [0.1, 0.15) is 59.8 Å². The molecule has 5 heteroatoms. The lowest BCUT2D eigenvalue weighted by atomic mass is 9.92. The van der Waals surface area contributed by atoms with E-state index in [1.54, 1.807) is 6.07 Å². The molecule has 25 heavy (non-hydrogen) atoms. The van der Waals surface area contributed by atoms with Crippen LogP contribution in [0.4, 0.5) is 0 Å². The Morgan fingerprint density at radius 3 is 2.52 bits per heavy atom. The summed E-state index contributed by atoms with van der Waals surface area (Å²) in [4.78, 5) is 0.393. The predicted molar refractivity (Wildman–Crippen MR) is 99.3 cm³/mol. The molecule has 0 amide bonds. The standard InChI is InChI=1S/C20H26N2O2S/c1-14-11-18(15(2)22(14)19-8-9-19)13-21-25(23,24)20-10-7-16-5-3-4-6-17(16)12-20/h7,10-12,19,21H,3-6,8-9,13H2,1-2H3. The molecular weight excluding hydrogens is 332 g/mol. The third kappa shape index (κ3) is 3.27. The molecule has 0 aliphatic heterocycles. The Morgan fingerprint density at radius 1 is 1.08 bits per heavy atom. The SMILES string of the molecule is Cc1cc(CNS(=O)(=O)c2ccc3c(c2)CCCC3)c(C)n1C1CC1. The second-order valence-electron chi connectivity index (χ2n) is 7.46. The molecule has 1 aromatic heterocycles. The number of rotatable bonds is 5. The average molecular weight is 359 g/mol. The first kappa shape index (κ1) is 16.9. The number of hydrogen-bond acceptors (Lipinski definition) is 2. The molecule has 134 valence electrons. The topological polar surface area (TPSA) is 51.1 Å². The number of sulfonamides is 1.